The number of rotatable bonds is 4. The van der Waals surface area contributed by atoms with Crippen LogP contribution in [0.4, 0.5) is 0 Å². The molecule has 0 bridgehead atoms. The topological polar surface area (TPSA) is 70.3 Å². The molecule has 7 heteroatoms. The number of fused-ring (bicyclic) bond motifs is 1. The minimum atomic E-state index is -0.310. The molecule has 1 saturated carbocycles. The fourth-order valence-electron chi connectivity index (χ4n) is 5.43. The largest absolute Gasteiger partial charge is 0.392 e. The summed E-state index contributed by atoms with van der Waals surface area (Å²) in [6.45, 7) is 4.42. The first-order valence-electron chi connectivity index (χ1n) is 11.2. The first kappa shape index (κ1) is 19.2. The van der Waals surface area contributed by atoms with Crippen LogP contribution in [-0.2, 0) is 19.6 Å². The molecule has 156 valence electrons. The third-order valence-corrected chi connectivity index (χ3v) is 6.94. The predicted molar refractivity (Wildman–Crippen MR) is 110 cm³/mol. The van der Waals surface area contributed by atoms with Crippen LogP contribution in [0.3, 0.4) is 0 Å². The molecule has 0 spiro atoms. The molecule has 1 N–H and O–H groups in total. The maximum absolute atomic E-state index is 10.4. The van der Waals surface area contributed by atoms with Crippen molar-refractivity contribution in [3.05, 3.63) is 41.7 Å². The van der Waals surface area contributed by atoms with Crippen LogP contribution in [0, 0.1) is 0 Å². The summed E-state index contributed by atoms with van der Waals surface area (Å²) in [7, 11) is 0. The third kappa shape index (κ3) is 4.09. The van der Waals surface area contributed by atoms with Crippen molar-refractivity contribution in [2.24, 2.45) is 0 Å². The third-order valence-electron chi connectivity index (χ3n) is 6.94. The molecular formula is C22H32N6O. The average Bonchev–Trinajstić information content (AvgIpc) is 3.19. The number of nitrogens with zero attached hydrogens (tertiary/aromatic N) is 6. The van der Waals surface area contributed by atoms with Crippen LogP contribution in [-0.4, -0.2) is 59.9 Å². The van der Waals surface area contributed by atoms with Gasteiger partial charge < -0.3 is 9.67 Å². The second-order valence-corrected chi connectivity index (χ2v) is 8.94. The zero-order valence-corrected chi connectivity index (χ0v) is 17.2. The van der Waals surface area contributed by atoms with Gasteiger partial charge in [0.2, 0.25) is 0 Å². The van der Waals surface area contributed by atoms with Crippen LogP contribution in [0.1, 0.15) is 68.2 Å². The molecule has 3 aliphatic rings. The molecule has 29 heavy (non-hydrogen) atoms. The van der Waals surface area contributed by atoms with Gasteiger partial charge in [0, 0.05) is 44.6 Å². The van der Waals surface area contributed by atoms with E-state index in [2.05, 4.69) is 35.6 Å². The summed E-state index contributed by atoms with van der Waals surface area (Å²) in [5, 5.41) is 19.6. The molecule has 2 atom stereocenters. The van der Waals surface area contributed by atoms with E-state index in [0.29, 0.717) is 12.6 Å². The Balaban J connectivity index is 1.32. The highest BCUT2D eigenvalue weighted by Gasteiger charge is 2.37. The molecule has 2 fully saturated rings. The number of aliphatic hydroxyl groups excluding tert-OH is 1. The van der Waals surface area contributed by atoms with E-state index >= 15 is 0 Å². The summed E-state index contributed by atoms with van der Waals surface area (Å²) < 4.78 is 2.33. The van der Waals surface area contributed by atoms with Gasteiger partial charge in [-0.15, -0.1) is 10.2 Å². The van der Waals surface area contributed by atoms with E-state index in [9.17, 15) is 5.11 Å². The standard InChI is InChI=1S/C22H32N6O/c29-19-12-20(27(15-19)14-17-6-5-9-23-13-17)22-25-24-21-16-26(10-11-28(21)22)18-7-3-1-2-4-8-18/h5-6,9,13,18-20,29H,1-4,7-8,10-12,14-16H2/t19-,20+/m1/s1. The maximum atomic E-state index is 10.4. The van der Waals surface area contributed by atoms with Crippen LogP contribution in [0.5, 0.6) is 0 Å². The van der Waals surface area contributed by atoms with E-state index in [0.717, 1.165) is 44.2 Å². The van der Waals surface area contributed by atoms with Gasteiger partial charge in [-0.2, -0.15) is 0 Å². The van der Waals surface area contributed by atoms with E-state index in [1.807, 2.05) is 12.3 Å². The Bertz CT molecular complexity index is 801. The number of hydrogen-bond donors (Lipinski definition) is 1. The molecule has 4 heterocycles. The van der Waals surface area contributed by atoms with E-state index in [4.69, 9.17) is 0 Å². The average molecular weight is 397 g/mol. The van der Waals surface area contributed by atoms with Gasteiger partial charge in [-0.3, -0.25) is 14.8 Å². The van der Waals surface area contributed by atoms with E-state index in [1.54, 1.807) is 6.20 Å². The van der Waals surface area contributed by atoms with Crippen molar-refractivity contribution >= 4 is 0 Å². The molecule has 0 aromatic carbocycles. The van der Waals surface area contributed by atoms with Crippen molar-refractivity contribution < 1.29 is 5.11 Å². The van der Waals surface area contributed by atoms with Crippen molar-refractivity contribution in [1.29, 1.82) is 0 Å². The molecule has 2 aromatic heterocycles. The second-order valence-electron chi connectivity index (χ2n) is 8.94. The zero-order chi connectivity index (χ0) is 19.6. The molecule has 1 aliphatic carbocycles. The quantitative estimate of drug-likeness (QED) is 0.801. The number of β-amino-alcohol motifs (C(OH)–C–C–N with tert-alkyl or cyclic N) is 1. The lowest BCUT2D eigenvalue weighted by atomic mass is 10.1. The van der Waals surface area contributed by atoms with E-state index < -0.39 is 0 Å². The SMILES string of the molecule is O[C@@H]1C[C@@H](c2nnc3n2CCN(C2CCCCCC2)C3)N(Cc2cccnc2)C1. The molecule has 1 saturated heterocycles. The molecular weight excluding hydrogens is 364 g/mol. The molecule has 0 radical (unpaired) electrons. The Morgan fingerprint density at radius 3 is 2.72 bits per heavy atom. The van der Waals surface area contributed by atoms with Gasteiger partial charge in [0.15, 0.2) is 5.82 Å². The molecule has 2 aliphatic heterocycles. The number of likely N-dealkylation sites (tertiary alicyclic amines) is 1. The summed E-state index contributed by atoms with van der Waals surface area (Å²) in [5.41, 5.74) is 1.17. The van der Waals surface area contributed by atoms with Crippen molar-refractivity contribution in [2.75, 3.05) is 13.1 Å². The minimum Gasteiger partial charge on any atom is -0.392 e. The summed E-state index contributed by atoms with van der Waals surface area (Å²) in [6.07, 6.45) is 12.3. The highest BCUT2D eigenvalue weighted by atomic mass is 16.3. The normalized spacial score (nSPS) is 27.1. The van der Waals surface area contributed by atoms with Crippen LogP contribution < -0.4 is 0 Å². The first-order chi connectivity index (χ1) is 14.3. The van der Waals surface area contributed by atoms with Gasteiger partial charge in [0.05, 0.1) is 18.7 Å². The second kappa shape index (κ2) is 8.50. The molecule has 0 amide bonds. The summed E-state index contributed by atoms with van der Waals surface area (Å²) >= 11 is 0. The van der Waals surface area contributed by atoms with Gasteiger partial charge in [-0.1, -0.05) is 31.7 Å². The molecule has 0 unspecified atom stereocenters. The predicted octanol–water partition coefficient (Wildman–Crippen LogP) is 2.52. The van der Waals surface area contributed by atoms with Crippen molar-refractivity contribution in [1.82, 2.24) is 29.5 Å². The number of pyridine rings is 1. The summed E-state index contributed by atoms with van der Waals surface area (Å²) in [5.74, 6) is 2.12. The Labute approximate surface area is 172 Å². The Morgan fingerprint density at radius 1 is 1.07 bits per heavy atom. The molecule has 5 rings (SSSR count). The van der Waals surface area contributed by atoms with Crippen LogP contribution >= 0.6 is 0 Å². The van der Waals surface area contributed by atoms with Crippen LogP contribution in [0.2, 0.25) is 0 Å². The Hall–Kier alpha value is -1.83. The fourth-order valence-corrected chi connectivity index (χ4v) is 5.43. The van der Waals surface area contributed by atoms with Gasteiger partial charge in [0.1, 0.15) is 5.82 Å². The van der Waals surface area contributed by atoms with Gasteiger partial charge in [-0.05, 0) is 30.9 Å². The zero-order valence-electron chi connectivity index (χ0n) is 17.2. The van der Waals surface area contributed by atoms with Crippen molar-refractivity contribution in [3.8, 4) is 0 Å². The van der Waals surface area contributed by atoms with E-state index in [-0.39, 0.29) is 12.1 Å². The number of hydrogen-bond acceptors (Lipinski definition) is 6. The monoisotopic (exact) mass is 396 g/mol. The fraction of sp³-hybridized carbons (Fsp3) is 0.682. The number of aliphatic hydroxyl groups is 1. The van der Waals surface area contributed by atoms with Gasteiger partial charge in [0.25, 0.3) is 0 Å². The number of aromatic nitrogens is 4. The van der Waals surface area contributed by atoms with Crippen molar-refractivity contribution in [3.63, 3.8) is 0 Å². The van der Waals surface area contributed by atoms with Crippen LogP contribution in [0.25, 0.3) is 0 Å². The van der Waals surface area contributed by atoms with Gasteiger partial charge in [-0.25, -0.2) is 0 Å². The maximum Gasteiger partial charge on any atom is 0.150 e. The highest BCUT2D eigenvalue weighted by molar-refractivity contribution is 5.12. The Morgan fingerprint density at radius 2 is 1.93 bits per heavy atom. The molecule has 7 nitrogen and oxygen atoms in total. The van der Waals surface area contributed by atoms with Crippen molar-refractivity contribution in [2.45, 2.75) is 82.8 Å². The lowest BCUT2D eigenvalue weighted by Gasteiger charge is -2.35. The molecule has 2 aromatic rings. The van der Waals surface area contributed by atoms with Gasteiger partial charge >= 0.3 is 0 Å². The summed E-state index contributed by atoms with van der Waals surface area (Å²) in [4.78, 5) is 9.20. The lowest BCUT2D eigenvalue weighted by molar-refractivity contribution is 0.135. The smallest absolute Gasteiger partial charge is 0.150 e. The van der Waals surface area contributed by atoms with Crippen LogP contribution in [0.15, 0.2) is 24.5 Å². The lowest BCUT2D eigenvalue weighted by Crippen LogP contribution is -2.41. The highest BCUT2D eigenvalue weighted by Crippen LogP contribution is 2.34. The summed E-state index contributed by atoms with van der Waals surface area (Å²) in [6, 6.07) is 4.90. The Kier molecular flexibility index (Phi) is 5.61. The minimum absolute atomic E-state index is 0.121. The van der Waals surface area contributed by atoms with E-state index in [1.165, 1.54) is 44.1 Å². The first-order valence-corrected chi connectivity index (χ1v) is 11.2.